The molecule has 1 heterocycles. The highest BCUT2D eigenvalue weighted by Gasteiger charge is 2.21. The van der Waals surface area contributed by atoms with E-state index in [2.05, 4.69) is 5.10 Å². The Morgan fingerprint density at radius 3 is 2.72 bits per heavy atom. The fourth-order valence-electron chi connectivity index (χ4n) is 1.55. The molecule has 0 fully saturated rings. The highest BCUT2D eigenvalue weighted by atomic mass is 35.5. The van der Waals surface area contributed by atoms with Gasteiger partial charge in [0.15, 0.2) is 5.15 Å². The summed E-state index contributed by atoms with van der Waals surface area (Å²) in [5.41, 5.74) is 1.19. The van der Waals surface area contributed by atoms with Crippen LogP contribution in [0.2, 0.25) is 5.15 Å². The summed E-state index contributed by atoms with van der Waals surface area (Å²) in [7, 11) is 1.69. The van der Waals surface area contributed by atoms with Crippen molar-refractivity contribution in [3.05, 3.63) is 46.6 Å². The Bertz CT molecular complexity index is 569. The quantitative estimate of drug-likeness (QED) is 0.876. The van der Waals surface area contributed by atoms with Crippen molar-refractivity contribution in [2.45, 2.75) is 10.8 Å². The van der Waals surface area contributed by atoms with Gasteiger partial charge in [0.2, 0.25) is 0 Å². The maximum atomic E-state index is 11.1. The Morgan fingerprint density at radius 2 is 2.11 bits per heavy atom. The molecule has 0 unspecified atom stereocenters. The Hall–Kier alpha value is -1.46. The number of carboxylic acid groups (broad SMARTS) is 1. The van der Waals surface area contributed by atoms with E-state index in [1.807, 2.05) is 30.3 Å². The molecule has 6 heteroatoms. The first-order valence-electron chi connectivity index (χ1n) is 5.22. The first-order chi connectivity index (χ1) is 8.59. The van der Waals surface area contributed by atoms with Gasteiger partial charge in [0, 0.05) is 12.8 Å². The van der Waals surface area contributed by atoms with E-state index >= 15 is 0 Å². The number of benzene rings is 1. The Morgan fingerprint density at radius 1 is 1.44 bits per heavy atom. The third-order valence-corrected chi connectivity index (χ3v) is 3.87. The Balaban J connectivity index is 2.22. The normalized spacial score (nSPS) is 10.6. The van der Waals surface area contributed by atoms with Crippen molar-refractivity contribution < 1.29 is 9.90 Å². The highest BCUT2D eigenvalue weighted by molar-refractivity contribution is 7.98. The molecule has 2 aromatic rings. The summed E-state index contributed by atoms with van der Waals surface area (Å²) in [6, 6.07) is 9.82. The second-order valence-electron chi connectivity index (χ2n) is 3.67. The van der Waals surface area contributed by atoms with E-state index in [0.29, 0.717) is 10.8 Å². The summed E-state index contributed by atoms with van der Waals surface area (Å²) < 4.78 is 1.50. The van der Waals surface area contributed by atoms with Crippen LogP contribution in [0.25, 0.3) is 0 Å². The minimum absolute atomic E-state index is 0.0283. The molecule has 0 radical (unpaired) electrons. The second-order valence-corrected chi connectivity index (χ2v) is 5.00. The zero-order valence-electron chi connectivity index (χ0n) is 9.63. The predicted molar refractivity (Wildman–Crippen MR) is 71.2 cm³/mol. The van der Waals surface area contributed by atoms with Crippen molar-refractivity contribution in [2.75, 3.05) is 0 Å². The molecular formula is C12H11ClN2O2S. The lowest BCUT2D eigenvalue weighted by atomic mass is 10.2. The number of hydrogen-bond donors (Lipinski definition) is 1. The third kappa shape index (κ3) is 2.68. The molecule has 2 rings (SSSR count). The maximum absolute atomic E-state index is 11.1. The van der Waals surface area contributed by atoms with Crippen LogP contribution < -0.4 is 0 Å². The number of aromatic carboxylic acids is 1. The monoisotopic (exact) mass is 282 g/mol. The summed E-state index contributed by atoms with van der Waals surface area (Å²) in [5, 5.41) is 13.6. The van der Waals surface area contributed by atoms with Gasteiger partial charge in [0.1, 0.15) is 10.6 Å². The number of rotatable bonds is 4. The van der Waals surface area contributed by atoms with Crippen LogP contribution in [0.4, 0.5) is 0 Å². The molecule has 4 nitrogen and oxygen atoms in total. The van der Waals surface area contributed by atoms with Gasteiger partial charge in [-0.05, 0) is 5.56 Å². The number of nitrogens with zero attached hydrogens (tertiary/aromatic N) is 2. The molecule has 0 atom stereocenters. The number of thioether (sulfide) groups is 1. The molecule has 1 aromatic carbocycles. The summed E-state index contributed by atoms with van der Waals surface area (Å²) in [6.45, 7) is 0. The van der Waals surface area contributed by atoms with Crippen LogP contribution in [0.1, 0.15) is 15.9 Å². The summed E-state index contributed by atoms with van der Waals surface area (Å²) in [4.78, 5) is 11.1. The van der Waals surface area contributed by atoms with Gasteiger partial charge >= 0.3 is 5.97 Å². The standard InChI is InChI=1S/C12H11ClN2O2S/c1-15-11(9(12(16)17)10(13)14-15)18-7-8-5-3-2-4-6-8/h2-6H,7H2,1H3,(H,16,17). The summed E-state index contributed by atoms with van der Waals surface area (Å²) in [6.07, 6.45) is 0. The smallest absolute Gasteiger partial charge is 0.341 e. The van der Waals surface area contributed by atoms with Crippen molar-refractivity contribution in [2.24, 2.45) is 7.05 Å². The van der Waals surface area contributed by atoms with E-state index in [1.165, 1.54) is 16.4 Å². The molecule has 1 aromatic heterocycles. The fraction of sp³-hybridized carbons (Fsp3) is 0.167. The minimum atomic E-state index is -1.05. The molecule has 18 heavy (non-hydrogen) atoms. The van der Waals surface area contributed by atoms with Crippen molar-refractivity contribution >= 4 is 29.3 Å². The van der Waals surface area contributed by atoms with Crippen molar-refractivity contribution in [1.29, 1.82) is 0 Å². The van der Waals surface area contributed by atoms with Gasteiger partial charge in [0.25, 0.3) is 0 Å². The van der Waals surface area contributed by atoms with Crippen LogP contribution in [-0.4, -0.2) is 20.9 Å². The molecular weight excluding hydrogens is 272 g/mol. The molecule has 0 spiro atoms. The molecule has 0 amide bonds. The highest BCUT2D eigenvalue weighted by Crippen LogP contribution is 2.30. The predicted octanol–water partition coefficient (Wildman–Crippen LogP) is 3.06. The molecule has 0 bridgehead atoms. The van der Waals surface area contributed by atoms with E-state index < -0.39 is 5.97 Å². The molecule has 0 aliphatic rings. The molecule has 94 valence electrons. The largest absolute Gasteiger partial charge is 0.477 e. The first-order valence-corrected chi connectivity index (χ1v) is 6.58. The third-order valence-electron chi connectivity index (χ3n) is 2.38. The van der Waals surface area contributed by atoms with Gasteiger partial charge in [-0.15, -0.1) is 11.8 Å². The minimum Gasteiger partial charge on any atom is -0.477 e. The van der Waals surface area contributed by atoms with Gasteiger partial charge < -0.3 is 5.11 Å². The lowest BCUT2D eigenvalue weighted by Crippen LogP contribution is -2.00. The first kappa shape index (κ1) is 13.0. The molecule has 0 saturated heterocycles. The Kier molecular flexibility index (Phi) is 3.93. The lowest BCUT2D eigenvalue weighted by Gasteiger charge is -2.03. The fourth-order valence-corrected chi connectivity index (χ4v) is 2.94. The van der Waals surface area contributed by atoms with Gasteiger partial charge in [-0.1, -0.05) is 41.9 Å². The van der Waals surface area contributed by atoms with Gasteiger partial charge in [-0.3, -0.25) is 4.68 Å². The molecule has 1 N–H and O–H groups in total. The number of aryl methyl sites for hydroxylation is 1. The van der Waals surface area contributed by atoms with Gasteiger partial charge in [0.05, 0.1) is 0 Å². The second kappa shape index (κ2) is 5.46. The van der Waals surface area contributed by atoms with Crippen molar-refractivity contribution in [3.63, 3.8) is 0 Å². The Labute approximate surface area is 114 Å². The topological polar surface area (TPSA) is 55.1 Å². The number of carboxylic acids is 1. The van der Waals surface area contributed by atoms with Crippen LogP contribution in [-0.2, 0) is 12.8 Å². The average molecular weight is 283 g/mol. The van der Waals surface area contributed by atoms with E-state index in [0.717, 1.165) is 5.56 Å². The van der Waals surface area contributed by atoms with Crippen LogP contribution in [0.15, 0.2) is 35.4 Å². The lowest BCUT2D eigenvalue weighted by molar-refractivity contribution is 0.0693. The number of carbonyl (C=O) groups is 1. The number of aromatic nitrogens is 2. The molecule has 0 saturated carbocycles. The average Bonchev–Trinajstić information content (AvgIpc) is 2.62. The van der Waals surface area contributed by atoms with Gasteiger partial charge in [-0.2, -0.15) is 5.10 Å². The van der Waals surface area contributed by atoms with Crippen LogP contribution >= 0.6 is 23.4 Å². The van der Waals surface area contributed by atoms with Gasteiger partial charge in [-0.25, -0.2) is 4.79 Å². The van der Waals surface area contributed by atoms with Crippen LogP contribution in [0, 0.1) is 0 Å². The van der Waals surface area contributed by atoms with Crippen LogP contribution in [0.3, 0.4) is 0 Å². The van der Waals surface area contributed by atoms with E-state index in [4.69, 9.17) is 16.7 Å². The zero-order chi connectivity index (χ0) is 13.1. The van der Waals surface area contributed by atoms with Crippen molar-refractivity contribution in [3.8, 4) is 0 Å². The SMILES string of the molecule is Cn1nc(Cl)c(C(=O)O)c1SCc1ccccc1. The van der Waals surface area contributed by atoms with E-state index in [1.54, 1.807) is 7.05 Å². The molecule has 0 aliphatic carbocycles. The van der Waals surface area contributed by atoms with Crippen LogP contribution in [0.5, 0.6) is 0 Å². The number of hydrogen-bond acceptors (Lipinski definition) is 3. The summed E-state index contributed by atoms with van der Waals surface area (Å²) in [5.74, 6) is -0.375. The molecule has 0 aliphatic heterocycles. The van der Waals surface area contributed by atoms with E-state index in [-0.39, 0.29) is 10.7 Å². The van der Waals surface area contributed by atoms with E-state index in [9.17, 15) is 4.79 Å². The van der Waals surface area contributed by atoms with Crippen molar-refractivity contribution in [1.82, 2.24) is 9.78 Å². The summed E-state index contributed by atoms with van der Waals surface area (Å²) >= 11 is 7.21. The number of halogens is 1. The zero-order valence-corrected chi connectivity index (χ0v) is 11.2. The maximum Gasteiger partial charge on any atom is 0.341 e.